The molecule has 33 heavy (non-hydrogen) atoms. The molecular formula is C26H26Br2N4O. The first kappa shape index (κ1) is 23.6. The van der Waals surface area contributed by atoms with E-state index in [1.165, 1.54) is 5.56 Å². The first-order chi connectivity index (χ1) is 15.9. The summed E-state index contributed by atoms with van der Waals surface area (Å²) in [5.74, 6) is -0.0959. The zero-order chi connectivity index (χ0) is 23.5. The third kappa shape index (κ3) is 5.20. The van der Waals surface area contributed by atoms with Crippen LogP contribution in [-0.2, 0) is 13.0 Å². The van der Waals surface area contributed by atoms with Crippen molar-refractivity contribution in [2.24, 2.45) is 0 Å². The minimum Gasteiger partial charge on any atom is -0.352 e. The number of hydrogen-bond donors (Lipinski definition) is 1. The highest BCUT2D eigenvalue weighted by Gasteiger charge is 2.15. The third-order valence-corrected chi connectivity index (χ3v) is 7.44. The van der Waals surface area contributed by atoms with E-state index in [4.69, 9.17) is 4.98 Å². The van der Waals surface area contributed by atoms with E-state index in [0.29, 0.717) is 12.1 Å². The minimum atomic E-state index is -0.0959. The van der Waals surface area contributed by atoms with Crippen molar-refractivity contribution in [3.8, 4) is 11.3 Å². The maximum Gasteiger partial charge on any atom is 0.252 e. The smallest absolute Gasteiger partial charge is 0.252 e. The molecule has 2 aromatic heterocycles. The van der Waals surface area contributed by atoms with Crippen molar-refractivity contribution in [3.63, 3.8) is 0 Å². The molecule has 0 fully saturated rings. The molecule has 0 saturated carbocycles. The van der Waals surface area contributed by atoms with Crippen LogP contribution in [0.3, 0.4) is 0 Å². The van der Waals surface area contributed by atoms with Crippen molar-refractivity contribution in [1.29, 1.82) is 0 Å². The lowest BCUT2D eigenvalue weighted by Gasteiger charge is -2.12. The number of aromatic nitrogens is 3. The Morgan fingerprint density at radius 2 is 1.82 bits per heavy atom. The molecule has 1 N–H and O–H groups in total. The Labute approximate surface area is 210 Å². The summed E-state index contributed by atoms with van der Waals surface area (Å²) < 4.78 is 3.93. The topological polar surface area (TPSA) is 59.8 Å². The number of fused-ring (bicyclic) bond motifs is 1. The molecule has 7 heteroatoms. The number of halogens is 2. The summed E-state index contributed by atoms with van der Waals surface area (Å²) in [7, 11) is 0. The van der Waals surface area contributed by atoms with Gasteiger partial charge >= 0.3 is 0 Å². The Morgan fingerprint density at radius 3 is 2.48 bits per heavy atom. The molecular weight excluding hydrogens is 544 g/mol. The lowest BCUT2D eigenvalue weighted by molar-refractivity contribution is 0.0954. The Morgan fingerprint density at radius 1 is 1.06 bits per heavy atom. The fourth-order valence-corrected chi connectivity index (χ4v) is 4.51. The van der Waals surface area contributed by atoms with Crippen molar-refractivity contribution < 1.29 is 4.79 Å². The van der Waals surface area contributed by atoms with Crippen LogP contribution in [0, 0.1) is 13.8 Å². The third-order valence-electron chi connectivity index (χ3n) is 5.80. The number of nitrogens with zero attached hydrogens (tertiary/aromatic N) is 3. The molecule has 0 atom stereocenters. The predicted octanol–water partition coefficient (Wildman–Crippen LogP) is 6.62. The van der Waals surface area contributed by atoms with Crippen molar-refractivity contribution in [1.82, 2.24) is 20.1 Å². The largest absolute Gasteiger partial charge is 0.352 e. The van der Waals surface area contributed by atoms with Gasteiger partial charge in [0, 0.05) is 34.2 Å². The fraction of sp³-hybridized carbons (Fsp3) is 0.269. The van der Waals surface area contributed by atoms with Crippen LogP contribution in [0.5, 0.6) is 0 Å². The highest BCUT2D eigenvalue weighted by atomic mass is 79.9. The van der Waals surface area contributed by atoms with Gasteiger partial charge in [0.05, 0.1) is 26.9 Å². The normalized spacial score (nSPS) is 11.2. The standard InChI is InChI=1S/C26H26Br2N4O/c1-4-18-6-8-19(9-7-18)24-15-22(21-14-20(27)10-11-23(21)30-24)26(33)29-12-5-13-32-17(3)25(28)16(2)31-32/h6-11,14-15H,4-5,12-13H2,1-3H3,(H,29,33). The summed E-state index contributed by atoms with van der Waals surface area (Å²) in [4.78, 5) is 18.0. The van der Waals surface area contributed by atoms with E-state index in [-0.39, 0.29) is 5.91 Å². The van der Waals surface area contributed by atoms with Crippen molar-refractivity contribution in [2.75, 3.05) is 6.54 Å². The molecule has 170 valence electrons. The predicted molar refractivity (Wildman–Crippen MR) is 141 cm³/mol. The van der Waals surface area contributed by atoms with Gasteiger partial charge in [-0.1, -0.05) is 47.1 Å². The zero-order valence-corrected chi connectivity index (χ0v) is 22.1. The van der Waals surface area contributed by atoms with Gasteiger partial charge in [-0.2, -0.15) is 5.10 Å². The van der Waals surface area contributed by atoms with Gasteiger partial charge in [0.15, 0.2) is 0 Å². The average molecular weight is 570 g/mol. The first-order valence-electron chi connectivity index (χ1n) is 11.0. The average Bonchev–Trinajstić information content (AvgIpc) is 3.07. The molecule has 4 rings (SSSR count). The molecule has 0 aliphatic heterocycles. The van der Waals surface area contributed by atoms with Crippen LogP contribution in [0.4, 0.5) is 0 Å². The first-order valence-corrected chi connectivity index (χ1v) is 12.6. The monoisotopic (exact) mass is 568 g/mol. The Balaban J connectivity index is 1.56. The number of hydrogen-bond acceptors (Lipinski definition) is 3. The summed E-state index contributed by atoms with van der Waals surface area (Å²) in [5, 5.41) is 8.45. The Kier molecular flexibility index (Phi) is 7.29. The van der Waals surface area contributed by atoms with Gasteiger partial charge in [0.2, 0.25) is 0 Å². The van der Waals surface area contributed by atoms with Crippen LogP contribution >= 0.6 is 31.9 Å². The summed E-state index contributed by atoms with van der Waals surface area (Å²) in [6, 6.07) is 16.1. The molecule has 0 saturated heterocycles. The maximum absolute atomic E-state index is 13.2. The number of nitrogens with one attached hydrogen (secondary N) is 1. The van der Waals surface area contributed by atoms with Crippen molar-refractivity contribution in [2.45, 2.75) is 40.2 Å². The number of aryl methyl sites for hydroxylation is 3. The second-order valence-corrected chi connectivity index (χ2v) is 9.79. The molecule has 0 aliphatic carbocycles. The Bertz CT molecular complexity index is 1310. The molecule has 5 nitrogen and oxygen atoms in total. The van der Waals surface area contributed by atoms with Gasteiger partial charge in [-0.3, -0.25) is 9.48 Å². The number of amides is 1. The van der Waals surface area contributed by atoms with Crippen LogP contribution in [0.1, 0.15) is 40.7 Å². The second-order valence-electron chi connectivity index (χ2n) is 8.08. The van der Waals surface area contributed by atoms with Crippen molar-refractivity contribution in [3.05, 3.63) is 80.0 Å². The van der Waals surface area contributed by atoms with Crippen LogP contribution in [0.2, 0.25) is 0 Å². The van der Waals surface area contributed by atoms with E-state index in [1.54, 1.807) is 0 Å². The van der Waals surface area contributed by atoms with Crippen LogP contribution in [-0.4, -0.2) is 27.2 Å². The van der Waals surface area contributed by atoms with Crippen LogP contribution in [0.25, 0.3) is 22.2 Å². The number of carbonyl (C=O) groups excluding carboxylic acids is 1. The summed E-state index contributed by atoms with van der Waals surface area (Å²) in [5.41, 5.74) is 6.58. The van der Waals surface area contributed by atoms with Gasteiger partial charge in [0.25, 0.3) is 5.91 Å². The van der Waals surface area contributed by atoms with E-state index >= 15 is 0 Å². The Hall–Kier alpha value is -2.51. The van der Waals surface area contributed by atoms with E-state index in [1.807, 2.05) is 42.8 Å². The number of carbonyl (C=O) groups is 1. The number of pyridine rings is 1. The molecule has 1 amide bonds. The molecule has 0 spiro atoms. The highest BCUT2D eigenvalue weighted by molar-refractivity contribution is 9.10. The van der Waals surface area contributed by atoms with Gasteiger partial charge in [-0.25, -0.2) is 4.98 Å². The van der Waals surface area contributed by atoms with Crippen molar-refractivity contribution >= 4 is 48.7 Å². The highest BCUT2D eigenvalue weighted by Crippen LogP contribution is 2.27. The SMILES string of the molecule is CCc1ccc(-c2cc(C(=O)NCCCn3nc(C)c(Br)c3C)c3cc(Br)ccc3n2)cc1. The van der Waals surface area contributed by atoms with Gasteiger partial charge in [-0.15, -0.1) is 0 Å². The minimum absolute atomic E-state index is 0.0959. The molecule has 0 radical (unpaired) electrons. The molecule has 2 aromatic carbocycles. The zero-order valence-electron chi connectivity index (χ0n) is 19.0. The van der Waals surface area contributed by atoms with E-state index in [9.17, 15) is 4.79 Å². The van der Waals surface area contributed by atoms with Gasteiger partial charge in [0.1, 0.15) is 0 Å². The molecule has 0 aliphatic rings. The van der Waals surface area contributed by atoms with Crippen LogP contribution in [0.15, 0.2) is 57.5 Å². The van der Waals surface area contributed by atoms with E-state index in [2.05, 4.69) is 73.5 Å². The summed E-state index contributed by atoms with van der Waals surface area (Å²) >= 11 is 7.09. The molecule has 0 unspecified atom stereocenters. The number of rotatable bonds is 7. The summed E-state index contributed by atoms with van der Waals surface area (Å²) in [6.07, 6.45) is 1.78. The second kappa shape index (κ2) is 10.2. The molecule has 4 aromatic rings. The fourth-order valence-electron chi connectivity index (χ4n) is 3.86. The molecule has 2 heterocycles. The van der Waals surface area contributed by atoms with Crippen LogP contribution < -0.4 is 5.32 Å². The molecule has 0 bridgehead atoms. The maximum atomic E-state index is 13.2. The summed E-state index contributed by atoms with van der Waals surface area (Å²) in [6.45, 7) is 7.47. The van der Waals surface area contributed by atoms with Gasteiger partial charge < -0.3 is 5.32 Å². The lowest BCUT2D eigenvalue weighted by atomic mass is 10.0. The lowest BCUT2D eigenvalue weighted by Crippen LogP contribution is -2.26. The quantitative estimate of drug-likeness (QED) is 0.254. The van der Waals surface area contributed by atoms with E-state index in [0.717, 1.165) is 61.9 Å². The van der Waals surface area contributed by atoms with Gasteiger partial charge in [-0.05, 0) is 72.4 Å². The number of benzene rings is 2. The van der Waals surface area contributed by atoms with E-state index < -0.39 is 0 Å².